The van der Waals surface area contributed by atoms with Gasteiger partial charge in [0.05, 0.1) is 12.8 Å². The molecule has 0 bridgehead atoms. The van der Waals surface area contributed by atoms with Crippen LogP contribution in [0, 0.1) is 0 Å². The first-order valence-corrected chi connectivity index (χ1v) is 10.4. The van der Waals surface area contributed by atoms with Gasteiger partial charge in [0.1, 0.15) is 11.3 Å². The fourth-order valence-electron chi connectivity index (χ4n) is 3.83. The molecular weight excluding hydrogens is 396 g/mol. The number of carbonyl (C=O) groups excluding carboxylic acids is 3. The summed E-state index contributed by atoms with van der Waals surface area (Å²) in [6.45, 7) is 8.40. The van der Waals surface area contributed by atoms with Gasteiger partial charge in [-0.2, -0.15) is 0 Å². The molecule has 1 atom stereocenters. The molecule has 164 valence electrons. The minimum atomic E-state index is -0.637. The van der Waals surface area contributed by atoms with E-state index in [0.717, 1.165) is 5.56 Å². The Bertz CT molecular complexity index is 991. The van der Waals surface area contributed by atoms with Crippen LogP contribution in [-0.4, -0.2) is 70.3 Å². The third kappa shape index (κ3) is 4.57. The average molecular weight is 425 g/mol. The molecule has 31 heavy (non-hydrogen) atoms. The first kappa shape index (κ1) is 22.4. The van der Waals surface area contributed by atoms with Gasteiger partial charge in [-0.15, -0.1) is 0 Å². The maximum absolute atomic E-state index is 13.5. The molecule has 0 spiro atoms. The second kappa shape index (κ2) is 9.24. The summed E-state index contributed by atoms with van der Waals surface area (Å²) >= 11 is 0. The summed E-state index contributed by atoms with van der Waals surface area (Å²) in [4.78, 5) is 50.5. The molecule has 2 aromatic rings. The van der Waals surface area contributed by atoms with Crippen LogP contribution in [0.2, 0.25) is 0 Å². The molecule has 0 N–H and O–H groups in total. The maximum atomic E-state index is 13.5. The van der Waals surface area contributed by atoms with Crippen molar-refractivity contribution in [2.24, 2.45) is 0 Å². The lowest BCUT2D eigenvalue weighted by Gasteiger charge is -2.39. The van der Waals surface area contributed by atoms with Gasteiger partial charge >= 0.3 is 5.97 Å². The molecule has 2 heterocycles. The molecule has 2 amide bonds. The number of amides is 2. The van der Waals surface area contributed by atoms with E-state index >= 15 is 0 Å². The van der Waals surface area contributed by atoms with Crippen molar-refractivity contribution in [2.75, 3.05) is 26.7 Å². The van der Waals surface area contributed by atoms with Crippen molar-refractivity contribution in [3.63, 3.8) is 0 Å². The van der Waals surface area contributed by atoms with Crippen LogP contribution >= 0.6 is 0 Å². The summed E-state index contributed by atoms with van der Waals surface area (Å²) in [6, 6.07) is 9.21. The van der Waals surface area contributed by atoms with Crippen molar-refractivity contribution < 1.29 is 19.1 Å². The van der Waals surface area contributed by atoms with Crippen molar-refractivity contribution in [1.29, 1.82) is 0 Å². The van der Waals surface area contributed by atoms with Crippen LogP contribution < -0.4 is 0 Å². The molecule has 1 fully saturated rings. The number of ether oxygens (including phenoxy) is 1. The predicted octanol–water partition coefficient (Wildman–Crippen LogP) is 2.75. The van der Waals surface area contributed by atoms with E-state index in [4.69, 9.17) is 4.74 Å². The molecule has 1 unspecified atom stereocenters. The molecule has 0 saturated carbocycles. The van der Waals surface area contributed by atoms with Gasteiger partial charge in [-0.05, 0) is 12.8 Å². The lowest BCUT2D eigenvalue weighted by molar-refractivity contribution is -0.132. The van der Waals surface area contributed by atoms with Gasteiger partial charge < -0.3 is 14.5 Å². The number of methoxy groups -OCH3 is 1. The quantitative estimate of drug-likeness (QED) is 0.701. The smallest absolute Gasteiger partial charge is 0.342 e. The molecule has 1 aliphatic rings. The summed E-state index contributed by atoms with van der Waals surface area (Å²) in [5.74, 6) is -0.764. The van der Waals surface area contributed by atoms with Gasteiger partial charge in [-0.3, -0.25) is 9.59 Å². The van der Waals surface area contributed by atoms with Gasteiger partial charge in [0, 0.05) is 38.2 Å². The van der Waals surface area contributed by atoms with Crippen LogP contribution in [0.25, 0.3) is 11.4 Å². The highest BCUT2D eigenvalue weighted by Crippen LogP contribution is 2.26. The van der Waals surface area contributed by atoms with Crippen molar-refractivity contribution in [1.82, 2.24) is 19.8 Å². The fourth-order valence-corrected chi connectivity index (χ4v) is 3.83. The van der Waals surface area contributed by atoms with Gasteiger partial charge in [0.2, 0.25) is 5.91 Å². The number of benzene rings is 1. The zero-order valence-electron chi connectivity index (χ0n) is 18.6. The molecule has 3 rings (SSSR count). The van der Waals surface area contributed by atoms with E-state index in [2.05, 4.69) is 9.97 Å². The van der Waals surface area contributed by atoms with Crippen LogP contribution in [0.4, 0.5) is 0 Å². The first-order valence-electron chi connectivity index (χ1n) is 10.4. The third-order valence-electron chi connectivity index (χ3n) is 5.43. The van der Waals surface area contributed by atoms with Gasteiger partial charge in [0.15, 0.2) is 5.82 Å². The Balaban J connectivity index is 2.10. The fraction of sp³-hybridized carbons (Fsp3) is 0.435. The van der Waals surface area contributed by atoms with E-state index in [1.54, 1.807) is 9.80 Å². The Morgan fingerprint density at radius 3 is 2.32 bits per heavy atom. The van der Waals surface area contributed by atoms with Crippen molar-refractivity contribution in [3.8, 4) is 11.4 Å². The zero-order valence-corrected chi connectivity index (χ0v) is 18.6. The van der Waals surface area contributed by atoms with E-state index < -0.39 is 5.97 Å². The zero-order chi connectivity index (χ0) is 22.7. The topological polar surface area (TPSA) is 92.7 Å². The Morgan fingerprint density at radius 2 is 1.77 bits per heavy atom. The average Bonchev–Trinajstić information content (AvgIpc) is 2.77. The van der Waals surface area contributed by atoms with Crippen LogP contribution in [0.5, 0.6) is 0 Å². The lowest BCUT2D eigenvalue weighted by Crippen LogP contribution is -2.55. The summed E-state index contributed by atoms with van der Waals surface area (Å²) < 4.78 is 4.98. The van der Waals surface area contributed by atoms with Crippen molar-refractivity contribution >= 4 is 17.8 Å². The number of hydrogen-bond donors (Lipinski definition) is 0. The van der Waals surface area contributed by atoms with E-state index in [1.165, 1.54) is 14.0 Å². The second-order valence-electron chi connectivity index (χ2n) is 7.98. The molecular formula is C23H28N4O4. The Labute approximate surface area is 182 Å². The van der Waals surface area contributed by atoms with Crippen LogP contribution in [0.1, 0.15) is 60.2 Å². The normalized spacial score (nSPS) is 16.4. The Kier molecular flexibility index (Phi) is 6.68. The standard InChI is InChI=1S/C23H28N4O4/c1-14(2)19-18(23(30)31-5)20(25-21(24-19)17-9-7-6-8-10-17)22(29)26-11-12-27(16(4)28)15(3)13-26/h6-10,14-15H,11-13H2,1-5H3. The second-order valence-corrected chi connectivity index (χ2v) is 7.98. The SMILES string of the molecule is COC(=O)c1c(C(=O)N2CCN(C(C)=O)C(C)C2)nc(-c2ccccc2)nc1C(C)C. The summed E-state index contributed by atoms with van der Waals surface area (Å²) in [7, 11) is 1.28. The highest BCUT2D eigenvalue weighted by atomic mass is 16.5. The van der Waals surface area contributed by atoms with Crippen molar-refractivity contribution in [3.05, 3.63) is 47.3 Å². The lowest BCUT2D eigenvalue weighted by atomic mass is 10.00. The van der Waals surface area contributed by atoms with Gasteiger partial charge in [0.25, 0.3) is 5.91 Å². The number of esters is 1. The van der Waals surface area contributed by atoms with Crippen LogP contribution in [0.15, 0.2) is 30.3 Å². The van der Waals surface area contributed by atoms with Crippen molar-refractivity contribution in [2.45, 2.75) is 39.7 Å². The molecule has 1 aliphatic heterocycles. The highest BCUT2D eigenvalue weighted by molar-refractivity contribution is 6.05. The predicted molar refractivity (Wildman–Crippen MR) is 116 cm³/mol. The highest BCUT2D eigenvalue weighted by Gasteiger charge is 2.34. The van der Waals surface area contributed by atoms with E-state index in [-0.39, 0.29) is 35.0 Å². The molecule has 8 heteroatoms. The molecule has 1 aromatic heterocycles. The maximum Gasteiger partial charge on any atom is 0.342 e. The third-order valence-corrected chi connectivity index (χ3v) is 5.43. The molecule has 0 radical (unpaired) electrons. The van der Waals surface area contributed by atoms with E-state index in [1.807, 2.05) is 51.1 Å². The molecule has 0 aliphatic carbocycles. The molecule has 1 aromatic carbocycles. The number of nitrogens with zero attached hydrogens (tertiary/aromatic N) is 4. The Hall–Kier alpha value is -3.29. The number of piperazine rings is 1. The first-order chi connectivity index (χ1) is 14.7. The monoisotopic (exact) mass is 424 g/mol. The molecule has 8 nitrogen and oxygen atoms in total. The van der Waals surface area contributed by atoms with E-state index in [0.29, 0.717) is 31.2 Å². The molecule has 1 saturated heterocycles. The van der Waals surface area contributed by atoms with Crippen LogP contribution in [-0.2, 0) is 9.53 Å². The van der Waals surface area contributed by atoms with E-state index in [9.17, 15) is 14.4 Å². The number of hydrogen-bond acceptors (Lipinski definition) is 6. The number of carbonyl (C=O) groups is 3. The summed E-state index contributed by atoms with van der Waals surface area (Å²) in [5, 5.41) is 0. The summed E-state index contributed by atoms with van der Waals surface area (Å²) in [5.41, 5.74) is 1.36. The summed E-state index contributed by atoms with van der Waals surface area (Å²) in [6.07, 6.45) is 0. The minimum absolute atomic E-state index is 0.0228. The van der Waals surface area contributed by atoms with Gasteiger partial charge in [-0.1, -0.05) is 44.2 Å². The number of aromatic nitrogens is 2. The Morgan fingerprint density at radius 1 is 1.10 bits per heavy atom. The van der Waals surface area contributed by atoms with Gasteiger partial charge in [-0.25, -0.2) is 14.8 Å². The minimum Gasteiger partial charge on any atom is -0.465 e. The van der Waals surface area contributed by atoms with Crippen LogP contribution in [0.3, 0.4) is 0 Å². The largest absolute Gasteiger partial charge is 0.465 e. The number of rotatable bonds is 4.